The van der Waals surface area contributed by atoms with Crippen molar-refractivity contribution in [3.05, 3.63) is 47.1 Å². The molecule has 0 aromatic carbocycles. The minimum absolute atomic E-state index is 0.0800. The maximum atomic E-state index is 12.7. The van der Waals surface area contributed by atoms with Crippen molar-refractivity contribution in [3.8, 4) is 0 Å². The topological polar surface area (TPSA) is 70.6 Å². The molecule has 0 N–H and O–H groups in total. The molecule has 1 aliphatic heterocycles. The standard InChI is InChI=1S/C16H19N3O3S2/c1-13-3-4-15(23-13)24(21,22)19-10-2-9-18(11-12-19)16(20)14-5-7-17-8-6-14/h3-8H,2,9-12H2,1H3. The van der Waals surface area contributed by atoms with Crippen LogP contribution in [0.25, 0.3) is 0 Å². The summed E-state index contributed by atoms with van der Waals surface area (Å²) in [5, 5.41) is 0. The van der Waals surface area contributed by atoms with Gasteiger partial charge in [0.25, 0.3) is 15.9 Å². The number of aromatic nitrogens is 1. The van der Waals surface area contributed by atoms with Crippen LogP contribution in [0, 0.1) is 6.92 Å². The summed E-state index contributed by atoms with van der Waals surface area (Å²) < 4.78 is 27.3. The lowest BCUT2D eigenvalue weighted by Crippen LogP contribution is -2.37. The Morgan fingerprint density at radius 1 is 1.08 bits per heavy atom. The minimum atomic E-state index is -3.47. The molecule has 2 aromatic rings. The lowest BCUT2D eigenvalue weighted by molar-refractivity contribution is 0.0764. The third-order valence-electron chi connectivity index (χ3n) is 3.98. The van der Waals surface area contributed by atoms with Crippen LogP contribution in [0.5, 0.6) is 0 Å². The second-order valence-corrected chi connectivity index (χ2v) is 9.10. The zero-order valence-corrected chi connectivity index (χ0v) is 15.0. The van der Waals surface area contributed by atoms with E-state index in [-0.39, 0.29) is 5.91 Å². The number of hydrogen-bond acceptors (Lipinski definition) is 5. The summed E-state index contributed by atoms with van der Waals surface area (Å²) in [4.78, 5) is 19.1. The van der Waals surface area contributed by atoms with Gasteiger partial charge in [0, 0.05) is 49.0 Å². The molecule has 1 aliphatic rings. The summed E-state index contributed by atoms with van der Waals surface area (Å²) >= 11 is 1.28. The largest absolute Gasteiger partial charge is 0.337 e. The van der Waals surface area contributed by atoms with E-state index in [9.17, 15) is 13.2 Å². The Hall–Kier alpha value is -1.77. The molecule has 3 rings (SSSR count). The smallest absolute Gasteiger partial charge is 0.254 e. The van der Waals surface area contributed by atoms with Gasteiger partial charge in [-0.25, -0.2) is 8.42 Å². The van der Waals surface area contributed by atoms with Crippen molar-refractivity contribution in [1.82, 2.24) is 14.2 Å². The van der Waals surface area contributed by atoms with E-state index in [0.717, 1.165) is 4.88 Å². The van der Waals surface area contributed by atoms with E-state index in [1.807, 2.05) is 13.0 Å². The lowest BCUT2D eigenvalue weighted by atomic mass is 10.2. The van der Waals surface area contributed by atoms with E-state index >= 15 is 0 Å². The van der Waals surface area contributed by atoms with Crippen molar-refractivity contribution in [1.29, 1.82) is 0 Å². The van der Waals surface area contributed by atoms with Gasteiger partial charge in [-0.3, -0.25) is 9.78 Å². The fraction of sp³-hybridized carbons (Fsp3) is 0.375. The molecule has 128 valence electrons. The van der Waals surface area contributed by atoms with E-state index in [1.165, 1.54) is 15.6 Å². The molecule has 2 aromatic heterocycles. The van der Waals surface area contributed by atoms with Crippen LogP contribution in [0.4, 0.5) is 0 Å². The molecule has 6 nitrogen and oxygen atoms in total. The summed E-state index contributed by atoms with van der Waals surface area (Å²) in [6.07, 6.45) is 3.79. The number of aryl methyl sites for hydroxylation is 1. The van der Waals surface area contributed by atoms with Gasteiger partial charge in [0.15, 0.2) is 0 Å². The SMILES string of the molecule is Cc1ccc(S(=O)(=O)N2CCCN(C(=O)c3ccncc3)CC2)s1. The summed E-state index contributed by atoms with van der Waals surface area (Å²) in [5.41, 5.74) is 0.579. The van der Waals surface area contributed by atoms with Crippen molar-refractivity contribution >= 4 is 27.3 Å². The Kier molecular flexibility index (Phi) is 4.98. The molecular weight excluding hydrogens is 346 g/mol. The number of hydrogen-bond donors (Lipinski definition) is 0. The minimum Gasteiger partial charge on any atom is -0.337 e. The highest BCUT2D eigenvalue weighted by atomic mass is 32.2. The average Bonchev–Trinajstić information content (AvgIpc) is 2.88. The Morgan fingerprint density at radius 3 is 2.50 bits per heavy atom. The molecule has 0 aliphatic carbocycles. The molecule has 3 heterocycles. The van der Waals surface area contributed by atoms with Gasteiger partial charge in [0.2, 0.25) is 0 Å². The summed E-state index contributed by atoms with van der Waals surface area (Å²) in [5.74, 6) is -0.0800. The highest BCUT2D eigenvalue weighted by molar-refractivity contribution is 7.91. The van der Waals surface area contributed by atoms with E-state index in [4.69, 9.17) is 0 Å². The van der Waals surface area contributed by atoms with E-state index in [2.05, 4.69) is 4.98 Å². The number of nitrogens with zero attached hydrogens (tertiary/aromatic N) is 3. The lowest BCUT2D eigenvalue weighted by Gasteiger charge is -2.21. The van der Waals surface area contributed by atoms with Crippen LogP contribution in [0.2, 0.25) is 0 Å². The molecule has 1 saturated heterocycles. The molecule has 0 saturated carbocycles. The fourth-order valence-electron chi connectivity index (χ4n) is 2.69. The van der Waals surface area contributed by atoms with E-state index < -0.39 is 10.0 Å². The molecular formula is C16H19N3O3S2. The average molecular weight is 365 g/mol. The van der Waals surface area contributed by atoms with Gasteiger partial charge in [-0.1, -0.05) is 0 Å². The van der Waals surface area contributed by atoms with Crippen LogP contribution >= 0.6 is 11.3 Å². The van der Waals surface area contributed by atoms with Crippen LogP contribution in [0.15, 0.2) is 40.9 Å². The quantitative estimate of drug-likeness (QED) is 0.834. The molecule has 0 radical (unpaired) electrons. The molecule has 1 amide bonds. The van der Waals surface area contributed by atoms with Crippen molar-refractivity contribution in [2.45, 2.75) is 17.6 Å². The molecule has 24 heavy (non-hydrogen) atoms. The summed E-state index contributed by atoms with van der Waals surface area (Å²) in [6.45, 7) is 3.58. The first kappa shape index (κ1) is 17.1. The zero-order valence-electron chi connectivity index (χ0n) is 13.4. The van der Waals surface area contributed by atoms with Crippen LogP contribution in [-0.2, 0) is 10.0 Å². The Morgan fingerprint density at radius 2 is 1.83 bits per heavy atom. The summed E-state index contributed by atoms with van der Waals surface area (Å²) in [6, 6.07) is 6.82. The van der Waals surface area contributed by atoms with Crippen LogP contribution < -0.4 is 0 Å². The van der Waals surface area contributed by atoms with Crippen LogP contribution in [0.1, 0.15) is 21.7 Å². The van der Waals surface area contributed by atoms with Crippen molar-refractivity contribution < 1.29 is 13.2 Å². The third kappa shape index (κ3) is 3.50. The fourth-order valence-corrected chi connectivity index (χ4v) is 5.60. The van der Waals surface area contributed by atoms with Crippen molar-refractivity contribution in [2.75, 3.05) is 26.2 Å². The van der Waals surface area contributed by atoms with Crippen molar-refractivity contribution in [3.63, 3.8) is 0 Å². The van der Waals surface area contributed by atoms with Crippen LogP contribution in [0.3, 0.4) is 0 Å². The molecule has 1 fully saturated rings. The second kappa shape index (κ2) is 7.00. The van der Waals surface area contributed by atoms with E-state index in [1.54, 1.807) is 35.5 Å². The number of rotatable bonds is 3. The number of carbonyl (C=O) groups is 1. The molecule has 0 spiro atoms. The predicted octanol–water partition coefficient (Wildman–Crippen LogP) is 1.99. The normalized spacial score (nSPS) is 16.8. The van der Waals surface area contributed by atoms with Gasteiger partial charge in [-0.05, 0) is 37.6 Å². The van der Waals surface area contributed by atoms with Gasteiger partial charge in [0.1, 0.15) is 4.21 Å². The Balaban J connectivity index is 1.72. The van der Waals surface area contributed by atoms with Gasteiger partial charge in [-0.15, -0.1) is 11.3 Å². The summed E-state index contributed by atoms with van der Waals surface area (Å²) in [7, 11) is -3.47. The number of thiophene rings is 1. The Bertz CT molecular complexity index is 818. The maximum absolute atomic E-state index is 12.7. The number of pyridine rings is 1. The van der Waals surface area contributed by atoms with Gasteiger partial charge < -0.3 is 4.90 Å². The van der Waals surface area contributed by atoms with Crippen molar-refractivity contribution in [2.24, 2.45) is 0 Å². The van der Waals surface area contributed by atoms with Gasteiger partial charge in [-0.2, -0.15) is 4.31 Å². The van der Waals surface area contributed by atoms with Gasteiger partial charge >= 0.3 is 0 Å². The maximum Gasteiger partial charge on any atom is 0.254 e. The molecule has 0 bridgehead atoms. The number of carbonyl (C=O) groups excluding carboxylic acids is 1. The number of amides is 1. The zero-order chi connectivity index (χ0) is 17.2. The number of sulfonamides is 1. The third-order valence-corrected chi connectivity index (χ3v) is 7.35. The second-order valence-electron chi connectivity index (χ2n) is 5.65. The van der Waals surface area contributed by atoms with E-state index in [0.29, 0.717) is 42.4 Å². The molecule has 0 atom stereocenters. The first-order valence-corrected chi connectivity index (χ1v) is 10.00. The highest BCUT2D eigenvalue weighted by Gasteiger charge is 2.29. The van der Waals surface area contributed by atoms with Gasteiger partial charge in [0.05, 0.1) is 0 Å². The Labute approximate surface area is 145 Å². The monoisotopic (exact) mass is 365 g/mol. The predicted molar refractivity (Wildman–Crippen MR) is 92.6 cm³/mol. The van der Waals surface area contributed by atoms with Crippen LogP contribution in [-0.4, -0.2) is 54.7 Å². The molecule has 8 heteroatoms. The first-order valence-electron chi connectivity index (χ1n) is 7.74. The molecule has 0 unspecified atom stereocenters. The first-order chi connectivity index (χ1) is 11.5. The highest BCUT2D eigenvalue weighted by Crippen LogP contribution is 2.25.